The monoisotopic (exact) mass is 1180 g/mol. The fraction of sp³-hybridized carbons (Fsp3) is 0.0877. The second-order valence-electron chi connectivity index (χ2n) is 15.5. The Morgan fingerprint density at radius 2 is 0.780 bits per heavy atom. The van der Waals surface area contributed by atoms with E-state index in [9.17, 15) is 66.7 Å². The summed E-state index contributed by atoms with van der Waals surface area (Å²) in [7, 11) is 0. The Labute approximate surface area is 485 Å². The van der Waals surface area contributed by atoms with Crippen LogP contribution in [0.4, 0.5) is 57.1 Å². The van der Waals surface area contributed by atoms with Crippen molar-refractivity contribution < 1.29 is 126 Å². The van der Waals surface area contributed by atoms with Gasteiger partial charge in [0.05, 0.1) is 44.8 Å². The van der Waals surface area contributed by atoms with Gasteiger partial charge in [-0.3, -0.25) is 4.79 Å². The van der Waals surface area contributed by atoms with Gasteiger partial charge in [0, 0.05) is 0 Å². The number of ether oxygens (including phenoxy) is 3. The van der Waals surface area contributed by atoms with Gasteiger partial charge < -0.3 is 29.9 Å². The molecule has 0 heterocycles. The second-order valence-corrected chi connectivity index (χ2v) is 15.8. The number of phenols is 1. The zero-order chi connectivity index (χ0) is 59.3. The molecule has 0 radical (unpaired) electrons. The van der Waals surface area contributed by atoms with Crippen molar-refractivity contribution in [3.8, 4) is 52.4 Å². The predicted molar refractivity (Wildman–Crippen MR) is 267 cm³/mol. The minimum Gasteiger partial charge on any atom is -0.870 e. The van der Waals surface area contributed by atoms with Gasteiger partial charge in [0.2, 0.25) is 0 Å². The number of carbonyl (C=O) groups is 2. The van der Waals surface area contributed by atoms with Crippen molar-refractivity contribution in [3.63, 3.8) is 0 Å². The van der Waals surface area contributed by atoms with Gasteiger partial charge in [-0.15, -0.1) is 11.6 Å². The molecular formula is C57H37ClF13N2NaO8. The largest absolute Gasteiger partial charge is 1.00 e. The molecule has 0 unspecified atom stereocenters. The van der Waals surface area contributed by atoms with E-state index in [-0.39, 0.29) is 109 Å². The van der Waals surface area contributed by atoms with Crippen molar-refractivity contribution in [2.45, 2.75) is 24.7 Å². The van der Waals surface area contributed by atoms with Crippen molar-refractivity contribution in [1.29, 1.82) is 10.5 Å². The van der Waals surface area contributed by atoms with E-state index in [0.717, 1.165) is 48.5 Å². The molecule has 0 aliphatic carbocycles. The Morgan fingerprint density at radius 1 is 0.451 bits per heavy atom. The average Bonchev–Trinajstić information content (AvgIpc) is 3.41. The molecule has 0 aliphatic heterocycles. The molecule has 0 aromatic heterocycles. The van der Waals surface area contributed by atoms with Gasteiger partial charge in [-0.05, 0) is 121 Å². The summed E-state index contributed by atoms with van der Waals surface area (Å²) in [5.41, 5.74) is -2.84. The van der Waals surface area contributed by atoms with Gasteiger partial charge in [0.1, 0.15) is 63.8 Å². The molecule has 82 heavy (non-hydrogen) atoms. The Balaban J connectivity index is 0.000000358. The number of aromatic carboxylic acids is 1. The summed E-state index contributed by atoms with van der Waals surface area (Å²) in [6, 6.07) is 45.0. The Kier molecular flexibility index (Phi) is 27.1. The number of rotatable bonds is 9. The van der Waals surface area contributed by atoms with Crippen LogP contribution < -0.4 is 43.8 Å². The van der Waals surface area contributed by atoms with Gasteiger partial charge in [-0.25, -0.2) is 9.18 Å². The number of para-hydroxylation sites is 3. The number of nitriles is 2. The third-order valence-corrected chi connectivity index (χ3v) is 10.0. The van der Waals surface area contributed by atoms with E-state index in [1.165, 1.54) is 103 Å². The van der Waals surface area contributed by atoms with E-state index in [1.54, 1.807) is 42.5 Å². The Bertz CT molecular complexity index is 3460. The SMILES string of the molecule is N#Cc1ccccc1F.N#Cc1ccccc1Oc1cccc(C(F)(F)F)c1.O=C(CCl)c1ccccc1Oc1cccc(C(F)(F)F)c1.O=C(O)c1ccccc1Oc1cccc(C(F)(F)F)c1.Oc1cccc(C(F)(F)F)c1.[Na+].[OH-]. The van der Waals surface area contributed by atoms with Gasteiger partial charge in [-0.2, -0.15) is 63.2 Å². The number of phenolic OH excluding ortho intramolecular Hbond substituents is 1. The molecule has 422 valence electrons. The van der Waals surface area contributed by atoms with Crippen LogP contribution in [-0.2, 0) is 24.7 Å². The number of nitrogens with zero attached hydrogens (tertiary/aromatic N) is 2. The number of hydrogen-bond acceptors (Lipinski definition) is 9. The number of Topliss-reactive ketones (excluding diaryl/α,β-unsaturated/α-hetero) is 1. The number of benzene rings is 8. The zero-order valence-corrected chi connectivity index (χ0v) is 44.5. The molecule has 10 nitrogen and oxygen atoms in total. The first-order valence-electron chi connectivity index (χ1n) is 22.2. The topological polar surface area (TPSA) is 180 Å². The van der Waals surface area contributed by atoms with Crippen molar-refractivity contribution >= 4 is 23.4 Å². The molecule has 0 bridgehead atoms. The van der Waals surface area contributed by atoms with Crippen LogP contribution in [0.3, 0.4) is 0 Å². The molecule has 8 aromatic rings. The third-order valence-electron chi connectivity index (χ3n) is 9.77. The third kappa shape index (κ3) is 22.5. The van der Waals surface area contributed by atoms with Crippen molar-refractivity contribution in [2.75, 3.05) is 5.88 Å². The van der Waals surface area contributed by atoms with Crippen molar-refractivity contribution in [1.82, 2.24) is 0 Å². The summed E-state index contributed by atoms with van der Waals surface area (Å²) in [4.78, 5) is 22.6. The van der Waals surface area contributed by atoms with E-state index in [4.69, 9.17) is 46.5 Å². The predicted octanol–water partition coefficient (Wildman–Crippen LogP) is 14.4. The molecule has 3 N–H and O–H groups in total. The van der Waals surface area contributed by atoms with E-state index in [2.05, 4.69) is 0 Å². The summed E-state index contributed by atoms with van der Waals surface area (Å²) in [6.07, 6.45) is -17.7. The van der Waals surface area contributed by atoms with E-state index < -0.39 is 58.7 Å². The summed E-state index contributed by atoms with van der Waals surface area (Å²) in [6.45, 7) is 0. The van der Waals surface area contributed by atoms with E-state index >= 15 is 0 Å². The first kappa shape index (κ1) is 69.5. The maximum absolute atomic E-state index is 12.6. The molecule has 8 aromatic carbocycles. The van der Waals surface area contributed by atoms with Crippen LogP contribution >= 0.6 is 11.6 Å². The van der Waals surface area contributed by atoms with Gasteiger partial charge in [0.25, 0.3) is 0 Å². The van der Waals surface area contributed by atoms with Crippen LogP contribution in [-0.4, -0.2) is 33.3 Å². The summed E-state index contributed by atoms with van der Waals surface area (Å²) in [5.74, 6) is -2.30. The minimum atomic E-state index is -4.48. The van der Waals surface area contributed by atoms with Crippen LogP contribution in [0.1, 0.15) is 54.1 Å². The average molecular weight is 1180 g/mol. The molecule has 0 fully saturated rings. The van der Waals surface area contributed by atoms with Gasteiger partial charge >= 0.3 is 60.2 Å². The van der Waals surface area contributed by atoms with Crippen LogP contribution in [0.5, 0.6) is 40.2 Å². The number of ketones is 1. The number of carbonyl (C=O) groups excluding carboxylic acids is 1. The Hall–Kier alpha value is -8.58. The molecule has 8 rings (SSSR count). The number of halogens is 14. The summed E-state index contributed by atoms with van der Waals surface area (Å²) >= 11 is 5.49. The van der Waals surface area contributed by atoms with Crippen LogP contribution in [0.15, 0.2) is 194 Å². The fourth-order valence-electron chi connectivity index (χ4n) is 6.06. The molecule has 0 aliphatic rings. The van der Waals surface area contributed by atoms with Crippen molar-refractivity contribution in [2.24, 2.45) is 0 Å². The molecule has 0 saturated carbocycles. The van der Waals surface area contributed by atoms with Gasteiger partial charge in [0.15, 0.2) is 5.78 Å². The van der Waals surface area contributed by atoms with Crippen molar-refractivity contribution in [3.05, 3.63) is 244 Å². The number of aromatic hydroxyl groups is 1. The summed E-state index contributed by atoms with van der Waals surface area (Å²) < 4.78 is 177. The molecule has 0 atom stereocenters. The van der Waals surface area contributed by atoms with Gasteiger partial charge in [-0.1, -0.05) is 72.8 Å². The maximum atomic E-state index is 12.6. The normalized spacial score (nSPS) is 10.6. The molecular weight excluding hydrogens is 1150 g/mol. The number of alkyl halides is 13. The summed E-state index contributed by atoms with van der Waals surface area (Å²) in [5, 5.41) is 34.7. The smallest absolute Gasteiger partial charge is 0.870 e. The van der Waals surface area contributed by atoms with Crippen LogP contribution in [0.25, 0.3) is 0 Å². The quantitative estimate of drug-likeness (QED) is 0.0611. The van der Waals surface area contributed by atoms with E-state index in [0.29, 0.717) is 6.07 Å². The molecule has 0 saturated heterocycles. The number of carboxylic acid groups (broad SMARTS) is 1. The van der Waals surface area contributed by atoms with Crippen LogP contribution in [0, 0.1) is 28.5 Å². The second kappa shape index (κ2) is 32.0. The molecule has 25 heteroatoms. The first-order valence-corrected chi connectivity index (χ1v) is 22.7. The standard InChI is InChI=1S/C15H10ClF3O2.C14H8F3NO.C14H9F3O3.C7H5F3O.C7H4FN.Na.H2O/c16-9-13(20)12-6-1-2-7-14(12)21-11-5-3-4-10(8-11)15(17,18)19;15-14(16,17)11-5-3-6-12(8-11)19-13-7-2-1-4-10(13)9-18;15-14(16,17)9-4-3-5-10(8-9)20-12-7-2-1-6-11(12)13(18)19;8-7(9,10)5-2-1-3-6(11)4-5;8-7-4-2-1-3-6(7)5-9;;/h1-8H,9H2;1-8H;1-8H,(H,18,19);1-4,11H;1-4H;;1H2/q;;;;;+1;/p-1. The van der Waals surface area contributed by atoms with Crippen LogP contribution in [0.2, 0.25) is 0 Å². The minimum absolute atomic E-state index is 0. The molecule has 0 amide bonds. The zero-order valence-electron chi connectivity index (χ0n) is 41.8. The molecule has 0 spiro atoms. The number of hydrogen-bond donors (Lipinski definition) is 2. The fourth-order valence-corrected chi connectivity index (χ4v) is 6.21. The van der Waals surface area contributed by atoms with E-state index in [1.807, 2.05) is 6.07 Å². The number of carboxylic acids is 1. The maximum Gasteiger partial charge on any atom is 1.00 e. The first-order chi connectivity index (χ1) is 37.6. The Morgan fingerprint density at radius 3 is 1.13 bits per heavy atom.